The molecular formula is C8H7N5. The fourth-order valence-electron chi connectivity index (χ4n) is 1.19. The van der Waals surface area contributed by atoms with E-state index in [1.807, 2.05) is 36.0 Å². The predicted molar refractivity (Wildman–Crippen MR) is 45.5 cm³/mol. The standard InChI is InChI=1S/C8H7N5/c1-13-4-2-3-7(13)8-6(5-9)10-12-11-8/h2-4H,1H3,(H,10,11,12). The van der Waals surface area contributed by atoms with Gasteiger partial charge in [0.1, 0.15) is 11.8 Å². The minimum atomic E-state index is 0.391. The van der Waals surface area contributed by atoms with E-state index in [0.717, 1.165) is 5.69 Å². The van der Waals surface area contributed by atoms with Crippen LogP contribution in [0, 0.1) is 11.3 Å². The van der Waals surface area contributed by atoms with Gasteiger partial charge in [-0.05, 0) is 12.1 Å². The van der Waals surface area contributed by atoms with Crippen molar-refractivity contribution in [3.8, 4) is 17.5 Å². The summed E-state index contributed by atoms with van der Waals surface area (Å²) in [5.41, 5.74) is 1.86. The summed E-state index contributed by atoms with van der Waals surface area (Å²) >= 11 is 0. The van der Waals surface area contributed by atoms with Crippen LogP contribution in [-0.4, -0.2) is 20.0 Å². The van der Waals surface area contributed by atoms with Crippen LogP contribution in [0.5, 0.6) is 0 Å². The lowest BCUT2D eigenvalue weighted by Crippen LogP contribution is -1.91. The van der Waals surface area contributed by atoms with Crippen molar-refractivity contribution >= 4 is 0 Å². The molecule has 0 aliphatic heterocycles. The van der Waals surface area contributed by atoms with Crippen LogP contribution in [0.25, 0.3) is 11.4 Å². The van der Waals surface area contributed by atoms with Gasteiger partial charge in [-0.3, -0.25) is 0 Å². The van der Waals surface area contributed by atoms with Gasteiger partial charge in [0.05, 0.1) is 5.69 Å². The zero-order chi connectivity index (χ0) is 9.26. The molecule has 0 aliphatic carbocycles. The number of nitrogens with one attached hydrogen (secondary N) is 1. The molecule has 64 valence electrons. The molecule has 0 saturated carbocycles. The molecule has 0 aliphatic rings. The van der Waals surface area contributed by atoms with E-state index in [4.69, 9.17) is 5.26 Å². The Morgan fingerprint density at radius 3 is 3.08 bits per heavy atom. The summed E-state index contributed by atoms with van der Waals surface area (Å²) in [7, 11) is 1.89. The lowest BCUT2D eigenvalue weighted by atomic mass is 10.2. The van der Waals surface area contributed by atoms with E-state index in [-0.39, 0.29) is 0 Å². The maximum absolute atomic E-state index is 8.73. The number of aromatic nitrogens is 4. The monoisotopic (exact) mass is 173 g/mol. The van der Waals surface area contributed by atoms with Crippen LogP contribution in [0.2, 0.25) is 0 Å². The van der Waals surface area contributed by atoms with Crippen LogP contribution in [-0.2, 0) is 7.05 Å². The number of nitriles is 1. The normalized spacial score (nSPS) is 9.85. The van der Waals surface area contributed by atoms with Crippen molar-refractivity contribution in [2.45, 2.75) is 0 Å². The Labute approximate surface area is 74.6 Å². The van der Waals surface area contributed by atoms with Crippen LogP contribution in [0.4, 0.5) is 0 Å². The van der Waals surface area contributed by atoms with Crippen LogP contribution < -0.4 is 0 Å². The molecule has 0 atom stereocenters. The van der Waals surface area contributed by atoms with Gasteiger partial charge in [-0.25, -0.2) is 5.10 Å². The van der Waals surface area contributed by atoms with Crippen molar-refractivity contribution < 1.29 is 0 Å². The molecule has 0 amide bonds. The average Bonchev–Trinajstić information content (AvgIpc) is 2.71. The molecule has 2 aromatic rings. The van der Waals surface area contributed by atoms with Gasteiger partial charge in [0.15, 0.2) is 5.69 Å². The van der Waals surface area contributed by atoms with E-state index < -0.39 is 0 Å². The zero-order valence-corrected chi connectivity index (χ0v) is 7.02. The van der Waals surface area contributed by atoms with Crippen LogP contribution in [0.15, 0.2) is 18.3 Å². The van der Waals surface area contributed by atoms with Crippen LogP contribution >= 0.6 is 0 Å². The van der Waals surface area contributed by atoms with Crippen molar-refractivity contribution in [3.63, 3.8) is 0 Å². The van der Waals surface area contributed by atoms with Gasteiger partial charge in [-0.1, -0.05) is 5.21 Å². The molecule has 0 spiro atoms. The van der Waals surface area contributed by atoms with E-state index in [1.54, 1.807) is 0 Å². The van der Waals surface area contributed by atoms with Gasteiger partial charge >= 0.3 is 0 Å². The molecule has 2 heterocycles. The summed E-state index contributed by atoms with van der Waals surface area (Å²) in [5.74, 6) is 0. The number of hydrogen-bond acceptors (Lipinski definition) is 3. The summed E-state index contributed by atoms with van der Waals surface area (Å²) in [4.78, 5) is 0. The van der Waals surface area contributed by atoms with E-state index in [1.165, 1.54) is 0 Å². The number of nitrogens with zero attached hydrogens (tertiary/aromatic N) is 4. The molecule has 0 radical (unpaired) electrons. The third-order valence-electron chi connectivity index (χ3n) is 1.85. The zero-order valence-electron chi connectivity index (χ0n) is 7.02. The molecule has 0 unspecified atom stereocenters. The highest BCUT2D eigenvalue weighted by Crippen LogP contribution is 2.18. The minimum absolute atomic E-state index is 0.391. The maximum Gasteiger partial charge on any atom is 0.165 e. The summed E-state index contributed by atoms with van der Waals surface area (Å²) in [6.45, 7) is 0. The highest BCUT2D eigenvalue weighted by atomic mass is 15.3. The highest BCUT2D eigenvalue weighted by molar-refractivity contribution is 5.60. The summed E-state index contributed by atoms with van der Waals surface area (Å²) < 4.78 is 1.89. The second-order valence-electron chi connectivity index (χ2n) is 2.65. The van der Waals surface area contributed by atoms with Gasteiger partial charge in [-0.15, -0.1) is 5.10 Å². The first kappa shape index (κ1) is 7.55. The van der Waals surface area contributed by atoms with Crippen molar-refractivity contribution in [1.29, 1.82) is 5.26 Å². The second-order valence-corrected chi connectivity index (χ2v) is 2.65. The second kappa shape index (κ2) is 2.75. The first-order valence-electron chi connectivity index (χ1n) is 3.76. The lowest BCUT2D eigenvalue weighted by Gasteiger charge is -1.97. The summed E-state index contributed by atoms with van der Waals surface area (Å²) in [5, 5.41) is 18.7. The highest BCUT2D eigenvalue weighted by Gasteiger charge is 2.10. The quantitative estimate of drug-likeness (QED) is 0.689. The van der Waals surface area contributed by atoms with Gasteiger partial charge in [0, 0.05) is 13.2 Å². The molecule has 1 N–H and O–H groups in total. The Bertz CT molecular complexity index is 459. The van der Waals surface area contributed by atoms with Gasteiger partial charge < -0.3 is 4.57 Å². The SMILES string of the molecule is Cn1cccc1-c1nn[nH]c1C#N. The Morgan fingerprint density at radius 1 is 1.62 bits per heavy atom. The van der Waals surface area contributed by atoms with Crippen molar-refractivity contribution in [2.24, 2.45) is 7.05 Å². The molecule has 0 saturated heterocycles. The van der Waals surface area contributed by atoms with Crippen molar-refractivity contribution in [3.05, 3.63) is 24.0 Å². The minimum Gasteiger partial charge on any atom is -0.349 e. The third-order valence-corrected chi connectivity index (χ3v) is 1.85. The van der Waals surface area contributed by atoms with Crippen LogP contribution in [0.3, 0.4) is 0 Å². The van der Waals surface area contributed by atoms with Gasteiger partial charge in [0.2, 0.25) is 0 Å². The Morgan fingerprint density at radius 2 is 2.46 bits per heavy atom. The van der Waals surface area contributed by atoms with Gasteiger partial charge in [0.25, 0.3) is 0 Å². The molecule has 13 heavy (non-hydrogen) atoms. The lowest BCUT2D eigenvalue weighted by molar-refractivity contribution is 0.913. The molecular weight excluding hydrogens is 166 g/mol. The number of aryl methyl sites for hydroxylation is 1. The molecule has 5 heteroatoms. The molecule has 2 aromatic heterocycles. The Hall–Kier alpha value is -2.09. The topological polar surface area (TPSA) is 70.3 Å². The van der Waals surface area contributed by atoms with E-state index in [0.29, 0.717) is 11.4 Å². The maximum atomic E-state index is 8.73. The van der Waals surface area contributed by atoms with E-state index >= 15 is 0 Å². The van der Waals surface area contributed by atoms with Crippen molar-refractivity contribution in [1.82, 2.24) is 20.0 Å². The molecule has 5 nitrogen and oxygen atoms in total. The molecule has 0 fully saturated rings. The fraction of sp³-hybridized carbons (Fsp3) is 0.125. The first-order chi connectivity index (χ1) is 6.33. The Balaban J connectivity index is 2.60. The number of aromatic amines is 1. The molecule has 0 bridgehead atoms. The average molecular weight is 173 g/mol. The summed E-state index contributed by atoms with van der Waals surface area (Å²) in [6, 6.07) is 5.78. The van der Waals surface area contributed by atoms with E-state index in [9.17, 15) is 0 Å². The smallest absolute Gasteiger partial charge is 0.165 e. The first-order valence-corrected chi connectivity index (χ1v) is 3.76. The van der Waals surface area contributed by atoms with Gasteiger partial charge in [-0.2, -0.15) is 5.26 Å². The number of H-pyrrole nitrogens is 1. The fourth-order valence-corrected chi connectivity index (χ4v) is 1.19. The van der Waals surface area contributed by atoms with Crippen LogP contribution in [0.1, 0.15) is 5.69 Å². The summed E-state index contributed by atoms with van der Waals surface area (Å²) in [6.07, 6.45) is 1.89. The number of hydrogen-bond donors (Lipinski definition) is 1. The number of rotatable bonds is 1. The molecule has 2 rings (SSSR count). The predicted octanol–water partition coefficient (Wildman–Crippen LogP) is 0.682. The third kappa shape index (κ3) is 1.08. The largest absolute Gasteiger partial charge is 0.349 e. The molecule has 0 aromatic carbocycles. The van der Waals surface area contributed by atoms with Crippen molar-refractivity contribution in [2.75, 3.05) is 0 Å². The van der Waals surface area contributed by atoms with E-state index in [2.05, 4.69) is 15.4 Å². The Kier molecular flexibility index (Phi) is 1.60.